The zero-order valence-electron chi connectivity index (χ0n) is 14.2. The Morgan fingerprint density at radius 1 is 1.08 bits per heavy atom. The highest BCUT2D eigenvalue weighted by Crippen LogP contribution is 2.28. The van der Waals surface area contributed by atoms with Crippen LogP contribution >= 0.6 is 0 Å². The first-order chi connectivity index (χ1) is 11.7. The van der Waals surface area contributed by atoms with Crippen molar-refractivity contribution in [3.63, 3.8) is 0 Å². The van der Waals surface area contributed by atoms with Gasteiger partial charge in [0.25, 0.3) is 0 Å². The molecule has 0 aliphatic carbocycles. The number of aryl methyl sites for hydroxylation is 2. The molecule has 0 saturated carbocycles. The van der Waals surface area contributed by atoms with E-state index in [1.807, 2.05) is 18.2 Å². The van der Waals surface area contributed by atoms with Gasteiger partial charge in [0.05, 0.1) is 5.39 Å². The number of unbranched alkanes of at least 4 members (excludes halogenated alkanes) is 1. The van der Waals surface area contributed by atoms with E-state index < -0.39 is 0 Å². The minimum absolute atomic E-state index is 0.628. The zero-order chi connectivity index (χ0) is 16.7. The number of rotatable bonds is 4. The number of hydrogen-bond donors (Lipinski definition) is 0. The maximum absolute atomic E-state index is 4.74. The highest BCUT2D eigenvalue weighted by molar-refractivity contribution is 5.94. The summed E-state index contributed by atoms with van der Waals surface area (Å²) < 4.78 is 4.05. The molecule has 4 heterocycles. The van der Waals surface area contributed by atoms with Crippen molar-refractivity contribution in [2.75, 3.05) is 0 Å². The first kappa shape index (κ1) is 14.8. The van der Waals surface area contributed by atoms with Crippen molar-refractivity contribution in [1.82, 2.24) is 29.1 Å². The van der Waals surface area contributed by atoms with Crippen LogP contribution in [-0.2, 0) is 6.54 Å². The lowest BCUT2D eigenvalue weighted by atomic mass is 10.2. The second-order valence-electron chi connectivity index (χ2n) is 6.08. The molecule has 24 heavy (non-hydrogen) atoms. The average molecular weight is 320 g/mol. The molecule has 0 N–H and O–H groups in total. The molecule has 0 unspecified atom stereocenters. The molecule has 0 atom stereocenters. The van der Waals surface area contributed by atoms with Crippen LogP contribution in [-0.4, -0.2) is 29.1 Å². The van der Waals surface area contributed by atoms with Crippen LogP contribution in [0.4, 0.5) is 0 Å². The molecule has 0 aliphatic heterocycles. The minimum atomic E-state index is 0.628. The SMILES string of the molecule is CCCCn1c(C)c(C)c2c1ncn1nc(-c3ccccn3)nc21. The summed E-state index contributed by atoms with van der Waals surface area (Å²) in [6.07, 6.45) is 5.81. The number of aromatic nitrogens is 6. The van der Waals surface area contributed by atoms with Gasteiger partial charge in [0.15, 0.2) is 5.65 Å². The van der Waals surface area contributed by atoms with Gasteiger partial charge in [0, 0.05) is 18.4 Å². The molecule has 0 aliphatic rings. The molecule has 6 nitrogen and oxygen atoms in total. The van der Waals surface area contributed by atoms with Gasteiger partial charge in [-0.1, -0.05) is 19.4 Å². The van der Waals surface area contributed by atoms with Gasteiger partial charge in [-0.25, -0.2) is 14.5 Å². The second kappa shape index (κ2) is 5.70. The van der Waals surface area contributed by atoms with Gasteiger partial charge in [-0.3, -0.25) is 4.98 Å². The standard InChI is InChI=1S/C18H20N6/c1-4-5-10-23-13(3)12(2)15-17(23)20-11-24-18(15)21-16(22-24)14-8-6-7-9-19-14/h6-9,11H,4-5,10H2,1-3H3. The van der Waals surface area contributed by atoms with E-state index in [9.17, 15) is 0 Å². The fourth-order valence-corrected chi connectivity index (χ4v) is 3.12. The molecule has 0 aromatic carbocycles. The Hall–Kier alpha value is -2.76. The Balaban J connectivity index is 1.96. The van der Waals surface area contributed by atoms with Crippen molar-refractivity contribution in [2.24, 2.45) is 0 Å². The molecule has 0 spiro atoms. The Kier molecular flexibility index (Phi) is 3.52. The largest absolute Gasteiger partial charge is 0.329 e. The summed E-state index contributed by atoms with van der Waals surface area (Å²) in [4.78, 5) is 13.7. The topological polar surface area (TPSA) is 60.9 Å². The maximum Gasteiger partial charge on any atom is 0.200 e. The van der Waals surface area contributed by atoms with Gasteiger partial charge in [-0.2, -0.15) is 0 Å². The van der Waals surface area contributed by atoms with Gasteiger partial charge < -0.3 is 4.57 Å². The van der Waals surface area contributed by atoms with E-state index in [1.54, 1.807) is 17.0 Å². The van der Waals surface area contributed by atoms with E-state index in [0.717, 1.165) is 41.8 Å². The van der Waals surface area contributed by atoms with Crippen molar-refractivity contribution in [3.8, 4) is 11.5 Å². The summed E-state index contributed by atoms with van der Waals surface area (Å²) in [6.45, 7) is 7.48. The molecule has 0 amide bonds. The minimum Gasteiger partial charge on any atom is -0.329 e. The number of hydrogen-bond acceptors (Lipinski definition) is 4. The third-order valence-electron chi connectivity index (χ3n) is 4.58. The fraction of sp³-hybridized carbons (Fsp3) is 0.333. The summed E-state index contributed by atoms with van der Waals surface area (Å²) >= 11 is 0. The number of pyridine rings is 1. The quantitative estimate of drug-likeness (QED) is 0.577. The molecule has 0 saturated heterocycles. The van der Waals surface area contributed by atoms with Gasteiger partial charge in [0.1, 0.15) is 17.7 Å². The lowest BCUT2D eigenvalue weighted by Crippen LogP contribution is -2.01. The molecule has 4 aromatic rings. The van der Waals surface area contributed by atoms with Crippen molar-refractivity contribution < 1.29 is 0 Å². The predicted octanol–water partition coefficient (Wildman–Crippen LogP) is 3.56. The highest BCUT2D eigenvalue weighted by atomic mass is 15.3. The molecule has 4 aromatic heterocycles. The molecule has 6 heteroatoms. The molecule has 0 fully saturated rings. The highest BCUT2D eigenvalue weighted by Gasteiger charge is 2.18. The smallest absolute Gasteiger partial charge is 0.200 e. The Labute approximate surface area is 140 Å². The predicted molar refractivity (Wildman–Crippen MR) is 93.9 cm³/mol. The van der Waals surface area contributed by atoms with Crippen molar-refractivity contribution in [2.45, 2.75) is 40.2 Å². The van der Waals surface area contributed by atoms with Gasteiger partial charge in [-0.05, 0) is 38.0 Å². The summed E-state index contributed by atoms with van der Waals surface area (Å²) in [6, 6.07) is 5.75. The molecule has 0 bridgehead atoms. The van der Waals surface area contributed by atoms with Gasteiger partial charge in [-0.15, -0.1) is 5.10 Å². The molecular formula is C18H20N6. The summed E-state index contributed by atoms with van der Waals surface area (Å²) in [5.41, 5.74) is 5.08. The number of nitrogens with zero attached hydrogens (tertiary/aromatic N) is 6. The van der Waals surface area contributed by atoms with Crippen LogP contribution < -0.4 is 0 Å². The van der Waals surface area contributed by atoms with Crippen LogP contribution in [0, 0.1) is 13.8 Å². The summed E-state index contributed by atoms with van der Waals surface area (Å²) in [7, 11) is 0. The van der Waals surface area contributed by atoms with Crippen molar-refractivity contribution in [1.29, 1.82) is 0 Å². The van der Waals surface area contributed by atoms with E-state index >= 15 is 0 Å². The van der Waals surface area contributed by atoms with E-state index in [-0.39, 0.29) is 0 Å². The molecule has 122 valence electrons. The molecule has 0 radical (unpaired) electrons. The second-order valence-corrected chi connectivity index (χ2v) is 6.08. The third kappa shape index (κ3) is 2.18. The Bertz CT molecular complexity index is 1010. The van der Waals surface area contributed by atoms with Gasteiger partial charge in [0.2, 0.25) is 5.82 Å². The molecule has 4 rings (SSSR count). The van der Waals surface area contributed by atoms with E-state index in [0.29, 0.717) is 5.82 Å². The van der Waals surface area contributed by atoms with Crippen LogP contribution in [0.3, 0.4) is 0 Å². The van der Waals surface area contributed by atoms with Crippen LogP contribution in [0.15, 0.2) is 30.7 Å². The van der Waals surface area contributed by atoms with Crippen molar-refractivity contribution in [3.05, 3.63) is 42.0 Å². The fourth-order valence-electron chi connectivity index (χ4n) is 3.12. The van der Waals surface area contributed by atoms with E-state index in [2.05, 4.69) is 40.4 Å². The first-order valence-electron chi connectivity index (χ1n) is 8.33. The molecular weight excluding hydrogens is 300 g/mol. The normalized spacial score (nSPS) is 11.6. The lowest BCUT2D eigenvalue weighted by Gasteiger charge is -2.06. The van der Waals surface area contributed by atoms with E-state index in [1.165, 1.54) is 11.3 Å². The van der Waals surface area contributed by atoms with Gasteiger partial charge >= 0.3 is 0 Å². The van der Waals surface area contributed by atoms with E-state index in [4.69, 9.17) is 4.98 Å². The third-order valence-corrected chi connectivity index (χ3v) is 4.58. The van der Waals surface area contributed by atoms with Crippen LogP contribution in [0.1, 0.15) is 31.0 Å². The first-order valence-corrected chi connectivity index (χ1v) is 8.33. The lowest BCUT2D eigenvalue weighted by molar-refractivity contribution is 0.631. The van der Waals surface area contributed by atoms with Crippen LogP contribution in [0.5, 0.6) is 0 Å². The monoisotopic (exact) mass is 320 g/mol. The van der Waals surface area contributed by atoms with Crippen LogP contribution in [0.2, 0.25) is 0 Å². The Morgan fingerprint density at radius 2 is 1.96 bits per heavy atom. The maximum atomic E-state index is 4.74. The Morgan fingerprint density at radius 3 is 2.71 bits per heavy atom. The van der Waals surface area contributed by atoms with Crippen molar-refractivity contribution >= 4 is 16.7 Å². The summed E-state index contributed by atoms with van der Waals surface area (Å²) in [5.74, 6) is 0.628. The van der Waals surface area contributed by atoms with Crippen LogP contribution in [0.25, 0.3) is 28.2 Å². The summed E-state index contributed by atoms with van der Waals surface area (Å²) in [5, 5.41) is 5.63. The zero-order valence-corrected chi connectivity index (χ0v) is 14.2. The average Bonchev–Trinajstić information content (AvgIpc) is 3.14. The number of fused-ring (bicyclic) bond motifs is 3.